The summed E-state index contributed by atoms with van der Waals surface area (Å²) in [6.07, 6.45) is 4.00. The number of benzene rings is 2. The zero-order chi connectivity index (χ0) is 19.1. The standard InChI is InChI=1S/C20H19ClN4O2/c1-2-12-27-18-11-7-6-8-15(18)13-22-24-17-14-23-25(20(26)19(17)21)16-9-4-3-5-10-16/h3-11,13-14,24H,2,12H2,1H3/b22-13-. The Kier molecular flexibility index (Phi) is 6.22. The fourth-order valence-corrected chi connectivity index (χ4v) is 2.54. The Balaban J connectivity index is 1.79. The van der Waals surface area contributed by atoms with Crippen molar-refractivity contribution in [3.63, 3.8) is 0 Å². The molecule has 0 unspecified atom stereocenters. The van der Waals surface area contributed by atoms with Gasteiger partial charge in [-0.25, -0.2) is 0 Å². The maximum Gasteiger partial charge on any atom is 0.292 e. The van der Waals surface area contributed by atoms with Crippen LogP contribution in [0.1, 0.15) is 18.9 Å². The molecule has 27 heavy (non-hydrogen) atoms. The summed E-state index contributed by atoms with van der Waals surface area (Å²) in [5.41, 5.74) is 4.14. The minimum atomic E-state index is -0.422. The van der Waals surface area contributed by atoms with Crippen molar-refractivity contribution in [3.8, 4) is 11.4 Å². The van der Waals surface area contributed by atoms with E-state index in [1.165, 1.54) is 10.9 Å². The topological polar surface area (TPSA) is 68.5 Å². The van der Waals surface area contributed by atoms with Crippen LogP contribution in [0, 0.1) is 0 Å². The third-order valence-corrected chi connectivity index (χ3v) is 4.05. The first-order valence-electron chi connectivity index (χ1n) is 8.55. The lowest BCUT2D eigenvalue weighted by Gasteiger charge is -2.08. The molecular formula is C20H19ClN4O2. The Morgan fingerprint density at radius 2 is 1.93 bits per heavy atom. The Morgan fingerprint density at radius 3 is 2.70 bits per heavy atom. The second-order valence-electron chi connectivity index (χ2n) is 5.68. The van der Waals surface area contributed by atoms with Gasteiger partial charge in [-0.15, -0.1) is 0 Å². The number of halogens is 1. The van der Waals surface area contributed by atoms with Crippen LogP contribution >= 0.6 is 11.6 Å². The lowest BCUT2D eigenvalue weighted by Crippen LogP contribution is -2.22. The molecule has 6 nitrogen and oxygen atoms in total. The van der Waals surface area contributed by atoms with E-state index in [0.717, 1.165) is 17.7 Å². The fourth-order valence-electron chi connectivity index (χ4n) is 2.37. The van der Waals surface area contributed by atoms with E-state index < -0.39 is 5.56 Å². The minimum absolute atomic E-state index is 0.0153. The quantitative estimate of drug-likeness (QED) is 0.493. The number of para-hydroxylation sites is 2. The van der Waals surface area contributed by atoms with Crippen LogP contribution in [0.2, 0.25) is 5.02 Å². The van der Waals surface area contributed by atoms with Gasteiger partial charge in [-0.1, -0.05) is 48.9 Å². The summed E-state index contributed by atoms with van der Waals surface area (Å²) < 4.78 is 6.93. The Labute approximate surface area is 162 Å². The van der Waals surface area contributed by atoms with Crippen LogP contribution in [0.3, 0.4) is 0 Å². The SMILES string of the molecule is CCCOc1ccccc1/C=N\Nc1cnn(-c2ccccc2)c(=O)c1Cl. The van der Waals surface area contributed by atoms with Gasteiger partial charge in [-0.05, 0) is 30.7 Å². The van der Waals surface area contributed by atoms with Gasteiger partial charge in [-0.2, -0.15) is 14.9 Å². The van der Waals surface area contributed by atoms with E-state index in [-0.39, 0.29) is 5.02 Å². The lowest BCUT2D eigenvalue weighted by molar-refractivity contribution is 0.317. The molecule has 0 bridgehead atoms. The van der Waals surface area contributed by atoms with Crippen molar-refractivity contribution >= 4 is 23.5 Å². The number of nitrogens with one attached hydrogen (secondary N) is 1. The largest absolute Gasteiger partial charge is 0.493 e. The van der Waals surface area contributed by atoms with Gasteiger partial charge in [0.05, 0.1) is 24.7 Å². The molecule has 0 saturated carbocycles. The first kappa shape index (κ1) is 18.7. The highest BCUT2D eigenvalue weighted by Gasteiger charge is 2.10. The van der Waals surface area contributed by atoms with Crippen LogP contribution < -0.4 is 15.7 Å². The predicted octanol–water partition coefficient (Wildman–Crippen LogP) is 4.12. The molecule has 0 spiro atoms. The summed E-state index contributed by atoms with van der Waals surface area (Å²) >= 11 is 6.20. The average molecular weight is 383 g/mol. The van der Waals surface area contributed by atoms with Gasteiger partial charge in [-0.3, -0.25) is 10.2 Å². The Bertz CT molecular complexity index is 987. The second kappa shape index (κ2) is 9.00. The first-order valence-corrected chi connectivity index (χ1v) is 8.92. The first-order chi connectivity index (χ1) is 13.2. The van der Waals surface area contributed by atoms with Crippen LogP contribution in [0.4, 0.5) is 5.69 Å². The second-order valence-corrected chi connectivity index (χ2v) is 6.06. The van der Waals surface area contributed by atoms with E-state index in [0.29, 0.717) is 18.0 Å². The molecule has 1 N–H and O–H groups in total. The van der Waals surface area contributed by atoms with E-state index in [4.69, 9.17) is 16.3 Å². The zero-order valence-corrected chi connectivity index (χ0v) is 15.6. The van der Waals surface area contributed by atoms with Crippen molar-refractivity contribution < 1.29 is 4.74 Å². The molecule has 0 fully saturated rings. The maximum atomic E-state index is 12.5. The normalized spacial score (nSPS) is 10.9. The van der Waals surface area contributed by atoms with Crippen molar-refractivity contribution in [2.45, 2.75) is 13.3 Å². The van der Waals surface area contributed by atoms with Gasteiger partial charge in [0.15, 0.2) is 0 Å². The van der Waals surface area contributed by atoms with Crippen LogP contribution in [0.25, 0.3) is 5.69 Å². The number of hydrazone groups is 1. The van der Waals surface area contributed by atoms with E-state index in [9.17, 15) is 4.79 Å². The molecule has 0 amide bonds. The van der Waals surface area contributed by atoms with Gasteiger partial charge in [0.1, 0.15) is 16.5 Å². The van der Waals surface area contributed by atoms with Crippen molar-refractivity contribution in [2.75, 3.05) is 12.0 Å². The highest BCUT2D eigenvalue weighted by Crippen LogP contribution is 2.18. The molecule has 3 aromatic rings. The molecule has 0 saturated heterocycles. The molecule has 0 radical (unpaired) electrons. The Morgan fingerprint density at radius 1 is 1.19 bits per heavy atom. The van der Waals surface area contributed by atoms with E-state index in [1.54, 1.807) is 18.3 Å². The van der Waals surface area contributed by atoms with Crippen molar-refractivity contribution in [3.05, 3.63) is 81.7 Å². The third kappa shape index (κ3) is 4.54. The summed E-state index contributed by atoms with van der Waals surface area (Å²) in [5.74, 6) is 0.744. The van der Waals surface area contributed by atoms with Crippen molar-refractivity contribution in [1.29, 1.82) is 0 Å². The molecule has 2 aromatic carbocycles. The monoisotopic (exact) mass is 382 g/mol. The van der Waals surface area contributed by atoms with Crippen LogP contribution in [0.15, 0.2) is 70.7 Å². The minimum Gasteiger partial charge on any atom is -0.493 e. The maximum absolute atomic E-state index is 12.5. The Hall–Kier alpha value is -3.12. The average Bonchev–Trinajstić information content (AvgIpc) is 2.71. The lowest BCUT2D eigenvalue weighted by atomic mass is 10.2. The third-order valence-electron chi connectivity index (χ3n) is 3.69. The predicted molar refractivity (Wildman–Crippen MR) is 108 cm³/mol. The van der Waals surface area contributed by atoms with Gasteiger partial charge in [0, 0.05) is 5.56 Å². The molecule has 0 aliphatic rings. The number of nitrogens with zero attached hydrogens (tertiary/aromatic N) is 3. The molecule has 0 aliphatic carbocycles. The van der Waals surface area contributed by atoms with Crippen LogP contribution in [0.5, 0.6) is 5.75 Å². The number of anilines is 1. The highest BCUT2D eigenvalue weighted by molar-refractivity contribution is 6.32. The zero-order valence-electron chi connectivity index (χ0n) is 14.8. The molecule has 1 aromatic heterocycles. The molecule has 3 rings (SSSR count). The summed E-state index contributed by atoms with van der Waals surface area (Å²) in [5, 5.41) is 8.32. The number of hydrogen-bond acceptors (Lipinski definition) is 5. The van der Waals surface area contributed by atoms with Gasteiger partial charge < -0.3 is 4.74 Å². The summed E-state index contributed by atoms with van der Waals surface area (Å²) in [6, 6.07) is 16.7. The van der Waals surface area contributed by atoms with Crippen molar-refractivity contribution in [1.82, 2.24) is 9.78 Å². The number of hydrogen-bond donors (Lipinski definition) is 1. The summed E-state index contributed by atoms with van der Waals surface area (Å²) in [4.78, 5) is 12.5. The molecule has 7 heteroatoms. The van der Waals surface area contributed by atoms with E-state index in [1.807, 2.05) is 49.4 Å². The van der Waals surface area contributed by atoms with Gasteiger partial charge >= 0.3 is 0 Å². The van der Waals surface area contributed by atoms with Crippen LogP contribution in [-0.4, -0.2) is 22.6 Å². The molecule has 138 valence electrons. The van der Waals surface area contributed by atoms with Crippen molar-refractivity contribution in [2.24, 2.45) is 5.10 Å². The molecular weight excluding hydrogens is 364 g/mol. The van der Waals surface area contributed by atoms with E-state index >= 15 is 0 Å². The van der Waals surface area contributed by atoms with E-state index in [2.05, 4.69) is 15.6 Å². The smallest absolute Gasteiger partial charge is 0.292 e. The number of rotatable bonds is 7. The number of aromatic nitrogens is 2. The van der Waals surface area contributed by atoms with Crippen LogP contribution in [-0.2, 0) is 0 Å². The fraction of sp³-hybridized carbons (Fsp3) is 0.150. The summed E-state index contributed by atoms with van der Waals surface area (Å²) in [7, 11) is 0. The highest BCUT2D eigenvalue weighted by atomic mass is 35.5. The molecule has 0 atom stereocenters. The van der Waals surface area contributed by atoms with Gasteiger partial charge in [0.2, 0.25) is 0 Å². The molecule has 1 heterocycles. The van der Waals surface area contributed by atoms with Gasteiger partial charge in [0.25, 0.3) is 5.56 Å². The molecule has 0 aliphatic heterocycles. The number of ether oxygens (including phenoxy) is 1. The summed E-state index contributed by atoms with van der Waals surface area (Å²) in [6.45, 7) is 2.68.